The van der Waals surface area contributed by atoms with Gasteiger partial charge in [0.2, 0.25) is 0 Å². The maximum absolute atomic E-state index is 5.43. The molecule has 0 saturated heterocycles. The Kier molecular flexibility index (Phi) is 7.22. The summed E-state index contributed by atoms with van der Waals surface area (Å²) in [5.74, 6) is 1.81. The van der Waals surface area contributed by atoms with Gasteiger partial charge in [-0.05, 0) is 26.0 Å². The number of ether oxygens (including phenoxy) is 2. The fourth-order valence-corrected chi connectivity index (χ4v) is 2.60. The fourth-order valence-electron chi connectivity index (χ4n) is 2.60. The van der Waals surface area contributed by atoms with Crippen LogP contribution in [0.25, 0.3) is 0 Å². The Balaban J connectivity index is 0.00000242. The average molecular weight is 322 g/mol. The van der Waals surface area contributed by atoms with E-state index < -0.39 is 0 Å². The van der Waals surface area contributed by atoms with Crippen molar-refractivity contribution in [2.24, 2.45) is 0 Å². The van der Waals surface area contributed by atoms with E-state index in [0.717, 1.165) is 22.6 Å². The molecular weight excluding hydrogens is 298 g/mol. The van der Waals surface area contributed by atoms with Gasteiger partial charge in [0.1, 0.15) is 11.5 Å². The zero-order valence-electron chi connectivity index (χ0n) is 13.5. The molecule has 4 heteroatoms. The first kappa shape index (κ1) is 18.3. The normalized spacial score (nSPS) is 12.9. The third kappa shape index (κ3) is 4.15. The highest BCUT2D eigenvalue weighted by Crippen LogP contribution is 2.29. The maximum Gasteiger partial charge on any atom is 0.123 e. The average Bonchev–Trinajstić information content (AvgIpc) is 2.54. The molecule has 0 aromatic heterocycles. The van der Waals surface area contributed by atoms with E-state index in [1.165, 1.54) is 0 Å². The van der Waals surface area contributed by atoms with Gasteiger partial charge in [-0.3, -0.25) is 0 Å². The molecule has 0 spiro atoms. The van der Waals surface area contributed by atoms with E-state index >= 15 is 0 Å². The summed E-state index contributed by atoms with van der Waals surface area (Å²) in [6.45, 7) is 4.29. The van der Waals surface area contributed by atoms with Crippen molar-refractivity contribution in [2.75, 3.05) is 14.2 Å². The molecule has 2 aromatic rings. The van der Waals surface area contributed by atoms with Gasteiger partial charge in [0.05, 0.1) is 14.2 Å². The molecule has 0 heterocycles. The molecule has 0 saturated carbocycles. The van der Waals surface area contributed by atoms with E-state index in [0.29, 0.717) is 0 Å². The molecule has 120 valence electrons. The van der Waals surface area contributed by atoms with Gasteiger partial charge in [-0.1, -0.05) is 36.4 Å². The van der Waals surface area contributed by atoms with Gasteiger partial charge in [-0.25, -0.2) is 0 Å². The smallest absolute Gasteiger partial charge is 0.123 e. The first-order chi connectivity index (χ1) is 10.2. The van der Waals surface area contributed by atoms with E-state index in [-0.39, 0.29) is 24.5 Å². The molecule has 22 heavy (non-hydrogen) atoms. The Labute approximate surface area is 139 Å². The van der Waals surface area contributed by atoms with Crippen molar-refractivity contribution in [2.45, 2.75) is 25.9 Å². The van der Waals surface area contributed by atoms with Crippen molar-refractivity contribution in [3.63, 3.8) is 0 Å². The van der Waals surface area contributed by atoms with Crippen molar-refractivity contribution in [3.8, 4) is 11.5 Å². The Hall–Kier alpha value is -1.71. The topological polar surface area (TPSA) is 30.5 Å². The number of methoxy groups -OCH3 is 2. The second-order valence-corrected chi connectivity index (χ2v) is 5.09. The molecule has 0 fully saturated rings. The number of halogens is 1. The van der Waals surface area contributed by atoms with Crippen LogP contribution in [0.15, 0.2) is 48.5 Å². The highest BCUT2D eigenvalue weighted by Gasteiger charge is 2.16. The highest BCUT2D eigenvalue weighted by atomic mass is 35.5. The van der Waals surface area contributed by atoms with Crippen molar-refractivity contribution in [1.82, 2.24) is 5.32 Å². The Morgan fingerprint density at radius 3 is 1.45 bits per heavy atom. The van der Waals surface area contributed by atoms with E-state index in [1.807, 2.05) is 36.4 Å². The van der Waals surface area contributed by atoms with Crippen molar-refractivity contribution in [1.29, 1.82) is 0 Å². The summed E-state index contributed by atoms with van der Waals surface area (Å²) in [6, 6.07) is 16.5. The van der Waals surface area contributed by atoms with Crippen LogP contribution >= 0.6 is 12.4 Å². The number of hydrogen-bond acceptors (Lipinski definition) is 3. The summed E-state index contributed by atoms with van der Waals surface area (Å²) in [5.41, 5.74) is 2.31. The molecule has 1 N–H and O–H groups in total. The molecule has 0 bridgehead atoms. The van der Waals surface area contributed by atoms with Gasteiger partial charge in [0.15, 0.2) is 0 Å². The summed E-state index contributed by atoms with van der Waals surface area (Å²) < 4.78 is 10.9. The second kappa shape index (κ2) is 8.66. The first-order valence-electron chi connectivity index (χ1n) is 7.19. The van der Waals surface area contributed by atoms with Crippen molar-refractivity contribution < 1.29 is 9.47 Å². The summed E-state index contributed by atoms with van der Waals surface area (Å²) in [5, 5.41) is 3.60. The minimum absolute atomic E-state index is 0. The molecular formula is C18H24ClNO2. The standard InChI is InChI=1S/C18H23NO2.ClH/c1-13(15-9-5-7-11-17(15)20-3)19-14(2)16-10-6-8-12-18(16)21-4;/h5-14,19H,1-4H3;1H/t13-,14-;/m0./s1. The highest BCUT2D eigenvalue weighted by molar-refractivity contribution is 5.85. The third-order valence-electron chi connectivity index (χ3n) is 3.71. The minimum Gasteiger partial charge on any atom is -0.496 e. The van der Waals surface area contributed by atoms with Crippen LogP contribution in [0.2, 0.25) is 0 Å². The number of rotatable bonds is 6. The van der Waals surface area contributed by atoms with Crippen LogP contribution in [-0.4, -0.2) is 14.2 Å². The van der Waals surface area contributed by atoms with Crippen LogP contribution in [-0.2, 0) is 0 Å². The van der Waals surface area contributed by atoms with E-state index in [1.54, 1.807) is 14.2 Å². The molecule has 0 radical (unpaired) electrons. The lowest BCUT2D eigenvalue weighted by atomic mass is 10.0. The van der Waals surface area contributed by atoms with Gasteiger partial charge in [-0.15, -0.1) is 12.4 Å². The third-order valence-corrected chi connectivity index (χ3v) is 3.71. The predicted molar refractivity (Wildman–Crippen MR) is 93.2 cm³/mol. The minimum atomic E-state index is 0. The SMILES string of the molecule is COc1ccccc1[C@H](C)N[C@@H](C)c1ccccc1OC.Cl. The van der Waals surface area contributed by atoms with E-state index in [2.05, 4.69) is 31.3 Å². The van der Waals surface area contributed by atoms with Crippen LogP contribution in [0, 0.1) is 0 Å². The monoisotopic (exact) mass is 321 g/mol. The molecule has 0 aliphatic heterocycles. The number of hydrogen-bond donors (Lipinski definition) is 1. The molecule has 2 aromatic carbocycles. The molecule has 2 rings (SSSR count). The van der Waals surface area contributed by atoms with Gasteiger partial charge >= 0.3 is 0 Å². The van der Waals surface area contributed by atoms with Crippen LogP contribution in [0.1, 0.15) is 37.1 Å². The van der Waals surface area contributed by atoms with Crippen molar-refractivity contribution in [3.05, 3.63) is 59.7 Å². The van der Waals surface area contributed by atoms with Crippen molar-refractivity contribution >= 4 is 12.4 Å². The molecule has 0 aliphatic rings. The first-order valence-corrected chi connectivity index (χ1v) is 7.19. The maximum atomic E-state index is 5.43. The zero-order chi connectivity index (χ0) is 15.2. The summed E-state index contributed by atoms with van der Waals surface area (Å²) in [7, 11) is 3.41. The lowest BCUT2D eigenvalue weighted by Crippen LogP contribution is -2.23. The molecule has 2 atom stereocenters. The van der Waals surface area contributed by atoms with Crippen LogP contribution in [0.5, 0.6) is 11.5 Å². The second-order valence-electron chi connectivity index (χ2n) is 5.09. The Morgan fingerprint density at radius 1 is 0.727 bits per heavy atom. The summed E-state index contributed by atoms with van der Waals surface area (Å²) in [6.07, 6.45) is 0. The Bertz CT molecular complexity index is 537. The lowest BCUT2D eigenvalue weighted by molar-refractivity contribution is 0.386. The van der Waals surface area contributed by atoms with Gasteiger partial charge in [0, 0.05) is 23.2 Å². The van der Waals surface area contributed by atoms with Crippen LogP contribution in [0.4, 0.5) is 0 Å². The van der Waals surface area contributed by atoms with E-state index in [4.69, 9.17) is 9.47 Å². The molecule has 0 aliphatic carbocycles. The number of benzene rings is 2. The van der Waals surface area contributed by atoms with Gasteiger partial charge in [0.25, 0.3) is 0 Å². The summed E-state index contributed by atoms with van der Waals surface area (Å²) in [4.78, 5) is 0. The Morgan fingerprint density at radius 2 is 1.09 bits per heavy atom. The van der Waals surface area contributed by atoms with Gasteiger partial charge in [-0.2, -0.15) is 0 Å². The number of nitrogens with one attached hydrogen (secondary N) is 1. The van der Waals surface area contributed by atoms with Crippen LogP contribution in [0.3, 0.4) is 0 Å². The van der Waals surface area contributed by atoms with Crippen LogP contribution < -0.4 is 14.8 Å². The number of para-hydroxylation sites is 2. The van der Waals surface area contributed by atoms with E-state index in [9.17, 15) is 0 Å². The molecule has 3 nitrogen and oxygen atoms in total. The fraction of sp³-hybridized carbons (Fsp3) is 0.333. The lowest BCUT2D eigenvalue weighted by Gasteiger charge is -2.23. The molecule has 0 unspecified atom stereocenters. The quantitative estimate of drug-likeness (QED) is 0.847. The van der Waals surface area contributed by atoms with Gasteiger partial charge < -0.3 is 14.8 Å². The largest absolute Gasteiger partial charge is 0.496 e. The summed E-state index contributed by atoms with van der Waals surface area (Å²) >= 11 is 0. The predicted octanol–water partition coefficient (Wildman–Crippen LogP) is 4.54. The molecule has 0 amide bonds. The zero-order valence-corrected chi connectivity index (χ0v) is 14.3.